The summed E-state index contributed by atoms with van der Waals surface area (Å²) in [7, 11) is 0. The number of rotatable bonds is 2. The van der Waals surface area contributed by atoms with Gasteiger partial charge in [0.15, 0.2) is 10.3 Å². The highest BCUT2D eigenvalue weighted by molar-refractivity contribution is 9.10. The van der Waals surface area contributed by atoms with E-state index in [1.807, 2.05) is 0 Å². The van der Waals surface area contributed by atoms with Gasteiger partial charge in [-0.25, -0.2) is 0 Å². The summed E-state index contributed by atoms with van der Waals surface area (Å²) >= 11 is 3.12. The molecule has 0 aromatic carbocycles. The van der Waals surface area contributed by atoms with E-state index in [4.69, 9.17) is 10.2 Å². The fraction of sp³-hybridized carbons (Fsp3) is 0.455. The number of piperidine rings is 1. The van der Waals surface area contributed by atoms with Gasteiger partial charge in [0.25, 0.3) is 11.8 Å². The van der Waals surface area contributed by atoms with Crippen LogP contribution in [0.5, 0.6) is 0 Å². The largest absolute Gasteiger partial charge is 0.457 e. The number of primary amides is 1. The second-order valence-electron chi connectivity index (χ2n) is 4.33. The lowest BCUT2D eigenvalue weighted by molar-refractivity contribution is -0.140. The normalized spacial score (nSPS) is 24.0. The second kappa shape index (κ2) is 4.74. The Labute approximate surface area is 112 Å². The monoisotopic (exact) mass is 316 g/mol. The molecule has 1 fully saturated rings. The minimum Gasteiger partial charge on any atom is -0.457 e. The molecule has 7 heteroatoms. The molecule has 1 aliphatic heterocycles. The Bertz CT molecular complexity index is 487. The predicted molar refractivity (Wildman–Crippen MR) is 65.7 cm³/mol. The van der Waals surface area contributed by atoms with Crippen LogP contribution in [0.2, 0.25) is 0 Å². The highest BCUT2D eigenvalue weighted by atomic mass is 79.9. The van der Waals surface area contributed by atoms with E-state index in [0.29, 0.717) is 23.2 Å². The summed E-state index contributed by atoms with van der Waals surface area (Å²) in [6, 6.07) is 1.53. The fourth-order valence-electron chi connectivity index (χ4n) is 2.03. The van der Waals surface area contributed by atoms with Crippen LogP contribution < -0.4 is 5.73 Å². The lowest BCUT2D eigenvalue weighted by Crippen LogP contribution is -2.57. The van der Waals surface area contributed by atoms with Crippen molar-refractivity contribution >= 4 is 27.7 Å². The third-order valence-corrected chi connectivity index (χ3v) is 3.68. The summed E-state index contributed by atoms with van der Waals surface area (Å²) in [4.78, 5) is 24.8. The van der Waals surface area contributed by atoms with Gasteiger partial charge in [0, 0.05) is 6.54 Å². The molecule has 1 aliphatic rings. The van der Waals surface area contributed by atoms with Gasteiger partial charge >= 0.3 is 0 Å². The summed E-state index contributed by atoms with van der Waals surface area (Å²) in [5.74, 6) is -1.10. The van der Waals surface area contributed by atoms with Gasteiger partial charge in [-0.15, -0.1) is 0 Å². The number of hydrogen-bond donors (Lipinski definition) is 2. The SMILES string of the molecule is NC(=O)[C@@]1(O)CCCN(C(=O)c2ccoc2Br)C1. The van der Waals surface area contributed by atoms with Crippen LogP contribution in [0, 0.1) is 0 Å². The number of aliphatic hydroxyl groups is 1. The zero-order valence-corrected chi connectivity index (χ0v) is 11.1. The zero-order valence-electron chi connectivity index (χ0n) is 9.56. The van der Waals surface area contributed by atoms with Crippen molar-refractivity contribution in [3.8, 4) is 0 Å². The summed E-state index contributed by atoms with van der Waals surface area (Å²) in [6.45, 7) is 0.394. The smallest absolute Gasteiger partial charge is 0.258 e. The Hall–Kier alpha value is -1.34. The summed E-state index contributed by atoms with van der Waals surface area (Å²) in [6.07, 6.45) is 2.20. The van der Waals surface area contributed by atoms with Crippen molar-refractivity contribution in [2.75, 3.05) is 13.1 Å². The third-order valence-electron chi connectivity index (χ3n) is 3.07. The molecule has 0 aliphatic carbocycles. The first-order valence-corrected chi connectivity index (χ1v) is 6.28. The molecule has 6 nitrogen and oxygen atoms in total. The van der Waals surface area contributed by atoms with E-state index in [9.17, 15) is 14.7 Å². The van der Waals surface area contributed by atoms with Gasteiger partial charge in [-0.1, -0.05) is 0 Å². The van der Waals surface area contributed by atoms with E-state index < -0.39 is 11.5 Å². The molecule has 0 radical (unpaired) electrons. The number of amides is 2. The quantitative estimate of drug-likeness (QED) is 0.830. The molecular weight excluding hydrogens is 304 g/mol. The molecule has 1 saturated heterocycles. The van der Waals surface area contributed by atoms with Crippen LogP contribution in [0.3, 0.4) is 0 Å². The average molecular weight is 317 g/mol. The first kappa shape index (κ1) is 13.1. The molecule has 2 heterocycles. The molecule has 1 aromatic rings. The van der Waals surface area contributed by atoms with Gasteiger partial charge < -0.3 is 20.2 Å². The van der Waals surface area contributed by atoms with Crippen LogP contribution in [0.4, 0.5) is 0 Å². The molecule has 2 rings (SSSR count). The lowest BCUT2D eigenvalue weighted by Gasteiger charge is -2.36. The maximum atomic E-state index is 12.2. The predicted octanol–water partition coefficient (Wildman–Crippen LogP) is 0.495. The number of hydrogen-bond acceptors (Lipinski definition) is 4. The number of nitrogens with zero attached hydrogens (tertiary/aromatic N) is 1. The Balaban J connectivity index is 2.17. The summed E-state index contributed by atoms with van der Waals surface area (Å²) in [5.41, 5.74) is 3.89. The lowest BCUT2D eigenvalue weighted by atomic mass is 9.92. The van der Waals surface area contributed by atoms with Gasteiger partial charge in [0.2, 0.25) is 0 Å². The van der Waals surface area contributed by atoms with Crippen molar-refractivity contribution < 1.29 is 19.1 Å². The molecule has 98 valence electrons. The number of β-amino-alcohol motifs (C(OH)–C–C–N with tert-alkyl or cyclic N) is 1. The number of likely N-dealkylation sites (tertiary alicyclic amines) is 1. The van der Waals surface area contributed by atoms with E-state index in [-0.39, 0.29) is 18.9 Å². The van der Waals surface area contributed by atoms with Crippen molar-refractivity contribution in [2.45, 2.75) is 18.4 Å². The highest BCUT2D eigenvalue weighted by Crippen LogP contribution is 2.25. The van der Waals surface area contributed by atoms with E-state index in [1.165, 1.54) is 17.2 Å². The van der Waals surface area contributed by atoms with E-state index in [1.54, 1.807) is 0 Å². The van der Waals surface area contributed by atoms with Crippen molar-refractivity contribution in [2.24, 2.45) is 5.73 Å². The number of nitrogens with two attached hydrogens (primary N) is 1. The molecule has 0 spiro atoms. The Kier molecular flexibility index (Phi) is 3.45. The highest BCUT2D eigenvalue weighted by Gasteiger charge is 2.40. The number of carbonyl (C=O) groups excluding carboxylic acids is 2. The third kappa shape index (κ3) is 2.28. The molecule has 0 unspecified atom stereocenters. The Morgan fingerprint density at radius 3 is 2.83 bits per heavy atom. The average Bonchev–Trinajstić information content (AvgIpc) is 2.74. The Morgan fingerprint density at radius 2 is 2.28 bits per heavy atom. The zero-order chi connectivity index (χ0) is 13.3. The molecule has 18 heavy (non-hydrogen) atoms. The molecule has 0 bridgehead atoms. The topological polar surface area (TPSA) is 96.8 Å². The molecule has 2 amide bonds. The van der Waals surface area contributed by atoms with Gasteiger partial charge in [-0.2, -0.15) is 0 Å². The number of furan rings is 1. The molecular formula is C11H13BrN2O4. The van der Waals surface area contributed by atoms with Crippen LogP contribution >= 0.6 is 15.9 Å². The second-order valence-corrected chi connectivity index (χ2v) is 5.05. The molecule has 3 N–H and O–H groups in total. The van der Waals surface area contributed by atoms with Crippen LogP contribution in [0.25, 0.3) is 0 Å². The van der Waals surface area contributed by atoms with Crippen LogP contribution in [-0.4, -0.2) is 40.5 Å². The van der Waals surface area contributed by atoms with Crippen LogP contribution in [0.15, 0.2) is 21.4 Å². The van der Waals surface area contributed by atoms with E-state index in [2.05, 4.69) is 15.9 Å². The van der Waals surface area contributed by atoms with Crippen LogP contribution in [-0.2, 0) is 4.79 Å². The summed E-state index contributed by atoms with van der Waals surface area (Å²) < 4.78 is 5.32. The fourth-order valence-corrected chi connectivity index (χ4v) is 2.44. The van der Waals surface area contributed by atoms with Crippen molar-refractivity contribution in [1.29, 1.82) is 0 Å². The van der Waals surface area contributed by atoms with E-state index in [0.717, 1.165) is 0 Å². The number of carbonyl (C=O) groups is 2. The number of halogens is 1. The van der Waals surface area contributed by atoms with E-state index >= 15 is 0 Å². The molecule has 0 saturated carbocycles. The maximum absolute atomic E-state index is 12.2. The van der Waals surface area contributed by atoms with Crippen molar-refractivity contribution in [1.82, 2.24) is 4.90 Å². The standard InChI is InChI=1S/C11H13BrN2O4/c12-8-7(2-5-18-8)9(15)14-4-1-3-11(17,6-14)10(13)16/h2,5,17H,1,3-4,6H2,(H2,13,16)/t11-/m1/s1. The van der Waals surface area contributed by atoms with Crippen molar-refractivity contribution in [3.63, 3.8) is 0 Å². The minimum atomic E-state index is -1.63. The van der Waals surface area contributed by atoms with Gasteiger partial charge in [0.05, 0.1) is 18.4 Å². The van der Waals surface area contributed by atoms with Crippen LogP contribution in [0.1, 0.15) is 23.2 Å². The van der Waals surface area contributed by atoms with Crippen molar-refractivity contribution in [3.05, 3.63) is 22.6 Å². The molecule has 1 aromatic heterocycles. The summed E-state index contributed by atoms with van der Waals surface area (Å²) in [5, 5.41) is 10.0. The maximum Gasteiger partial charge on any atom is 0.258 e. The Morgan fingerprint density at radius 1 is 1.56 bits per heavy atom. The minimum absolute atomic E-state index is 0.0845. The first-order valence-electron chi connectivity index (χ1n) is 5.48. The van der Waals surface area contributed by atoms with Gasteiger partial charge in [-0.3, -0.25) is 9.59 Å². The van der Waals surface area contributed by atoms with Gasteiger partial charge in [0.1, 0.15) is 0 Å². The van der Waals surface area contributed by atoms with Gasteiger partial charge in [-0.05, 0) is 34.8 Å². The first-order chi connectivity index (χ1) is 8.44. The molecule has 1 atom stereocenters.